The molecule has 0 aromatic heterocycles. The fourth-order valence-electron chi connectivity index (χ4n) is 1.69. The summed E-state index contributed by atoms with van der Waals surface area (Å²) in [7, 11) is 1.47. The molecule has 0 aliphatic carbocycles. The van der Waals surface area contributed by atoms with Crippen LogP contribution in [-0.2, 0) is 0 Å². The Labute approximate surface area is 119 Å². The first-order valence-electron chi connectivity index (χ1n) is 5.92. The third kappa shape index (κ3) is 3.27. The van der Waals surface area contributed by atoms with Gasteiger partial charge in [0.05, 0.1) is 12.0 Å². The maximum absolute atomic E-state index is 12.0. The Kier molecular flexibility index (Phi) is 4.03. The zero-order valence-electron chi connectivity index (χ0n) is 11.0. The first kappa shape index (κ1) is 14.3. The zero-order chi connectivity index (χ0) is 15.4. The van der Waals surface area contributed by atoms with Crippen molar-refractivity contribution in [3.05, 3.63) is 58.1 Å². The number of anilines is 1. The lowest BCUT2D eigenvalue weighted by Crippen LogP contribution is -2.13. The number of nitro groups is 1. The number of hydrogen-bond donors (Lipinski definition) is 1. The lowest BCUT2D eigenvalue weighted by molar-refractivity contribution is -0.385. The van der Waals surface area contributed by atoms with E-state index in [9.17, 15) is 20.0 Å². The fraction of sp³-hybridized carbons (Fsp3) is 0.0714. The molecule has 0 saturated heterocycles. The van der Waals surface area contributed by atoms with Crippen LogP contribution in [0.1, 0.15) is 10.4 Å². The molecule has 1 N–H and O–H groups in total. The molecule has 1 amide bonds. The summed E-state index contributed by atoms with van der Waals surface area (Å²) in [6.07, 6.45) is 0. The van der Waals surface area contributed by atoms with E-state index in [1.807, 2.05) is 0 Å². The lowest BCUT2D eigenvalue weighted by atomic mass is 10.2. The fourth-order valence-corrected chi connectivity index (χ4v) is 1.69. The van der Waals surface area contributed by atoms with Crippen molar-refractivity contribution < 1.29 is 19.6 Å². The van der Waals surface area contributed by atoms with E-state index < -0.39 is 16.6 Å². The largest absolute Gasteiger partial charge is 0.871 e. The Balaban J connectivity index is 2.26. The van der Waals surface area contributed by atoms with E-state index in [2.05, 4.69) is 5.32 Å². The molecule has 0 unspecified atom stereocenters. The van der Waals surface area contributed by atoms with Crippen molar-refractivity contribution in [1.82, 2.24) is 0 Å². The quantitative estimate of drug-likeness (QED) is 0.683. The van der Waals surface area contributed by atoms with Gasteiger partial charge in [-0.15, -0.1) is 0 Å². The molecular weight excluding hydrogens is 276 g/mol. The first-order valence-corrected chi connectivity index (χ1v) is 5.92. The first-order chi connectivity index (χ1) is 10.0. The Bertz CT molecular complexity index is 700. The zero-order valence-corrected chi connectivity index (χ0v) is 11.0. The molecular formula is C14H11N2O5-. The molecule has 0 radical (unpaired) electrons. The number of benzene rings is 2. The number of nitrogens with zero attached hydrogens (tertiary/aromatic N) is 1. The molecule has 2 aromatic rings. The maximum atomic E-state index is 12.0. The van der Waals surface area contributed by atoms with Crippen molar-refractivity contribution in [3.63, 3.8) is 0 Å². The number of rotatable bonds is 4. The van der Waals surface area contributed by atoms with Gasteiger partial charge in [-0.3, -0.25) is 14.9 Å². The van der Waals surface area contributed by atoms with Gasteiger partial charge in [-0.1, -0.05) is 17.9 Å². The third-order valence-electron chi connectivity index (χ3n) is 2.75. The molecule has 2 rings (SSSR count). The van der Waals surface area contributed by atoms with Crippen molar-refractivity contribution in [1.29, 1.82) is 0 Å². The molecule has 0 spiro atoms. The lowest BCUT2D eigenvalue weighted by Gasteiger charge is -2.14. The van der Waals surface area contributed by atoms with Crippen LogP contribution in [-0.4, -0.2) is 17.9 Å². The van der Waals surface area contributed by atoms with Gasteiger partial charge in [0.25, 0.3) is 11.6 Å². The van der Waals surface area contributed by atoms with E-state index in [0.29, 0.717) is 5.75 Å². The molecule has 0 atom stereocenters. The van der Waals surface area contributed by atoms with Crippen LogP contribution in [0.2, 0.25) is 0 Å². The van der Waals surface area contributed by atoms with Crippen molar-refractivity contribution in [2.24, 2.45) is 0 Å². The summed E-state index contributed by atoms with van der Waals surface area (Å²) in [5.74, 6) is -0.563. The van der Waals surface area contributed by atoms with Gasteiger partial charge in [0.1, 0.15) is 5.75 Å². The molecule has 0 heterocycles. The number of carbonyl (C=O) groups excluding carboxylic acids is 1. The Hall–Kier alpha value is -3.09. The van der Waals surface area contributed by atoms with E-state index >= 15 is 0 Å². The van der Waals surface area contributed by atoms with Crippen molar-refractivity contribution in [3.8, 4) is 11.5 Å². The predicted octanol–water partition coefficient (Wildman–Crippen LogP) is 1.93. The molecule has 7 heteroatoms. The number of carbonyl (C=O) groups is 1. The Morgan fingerprint density at radius 2 is 2.00 bits per heavy atom. The van der Waals surface area contributed by atoms with Crippen LogP contribution in [0, 0.1) is 10.1 Å². The highest BCUT2D eigenvalue weighted by Gasteiger charge is 2.11. The van der Waals surface area contributed by atoms with Gasteiger partial charge in [-0.25, -0.2) is 0 Å². The standard InChI is InChI=1S/C14H12N2O5/c1-21-11-4-2-3-9(7-11)14(18)15-12-8-10(16(19)20)5-6-13(12)17/h2-8,17H,1H3,(H,15,18)/p-1. The van der Waals surface area contributed by atoms with E-state index in [1.165, 1.54) is 13.2 Å². The molecule has 2 aromatic carbocycles. The van der Waals surface area contributed by atoms with Gasteiger partial charge in [-0.2, -0.15) is 0 Å². The minimum Gasteiger partial charge on any atom is -0.871 e. The van der Waals surface area contributed by atoms with Crippen LogP contribution < -0.4 is 15.2 Å². The number of ether oxygens (including phenoxy) is 1. The van der Waals surface area contributed by atoms with Gasteiger partial charge < -0.3 is 15.2 Å². The minimum absolute atomic E-state index is 0.142. The Morgan fingerprint density at radius 1 is 1.24 bits per heavy atom. The van der Waals surface area contributed by atoms with Crippen molar-refractivity contribution in [2.75, 3.05) is 12.4 Å². The number of amides is 1. The summed E-state index contributed by atoms with van der Waals surface area (Å²) in [6, 6.07) is 9.49. The van der Waals surface area contributed by atoms with Gasteiger partial charge in [0, 0.05) is 23.4 Å². The number of non-ortho nitro benzene ring substituents is 1. The molecule has 0 fully saturated rings. The second kappa shape index (κ2) is 5.91. The van der Waals surface area contributed by atoms with Gasteiger partial charge >= 0.3 is 0 Å². The van der Waals surface area contributed by atoms with Crippen LogP contribution in [0.25, 0.3) is 0 Å². The maximum Gasteiger partial charge on any atom is 0.271 e. The number of hydrogen-bond acceptors (Lipinski definition) is 5. The summed E-state index contributed by atoms with van der Waals surface area (Å²) in [5.41, 5.74) is -0.132. The summed E-state index contributed by atoms with van der Waals surface area (Å²) in [5, 5.41) is 24.7. The number of nitro benzene ring substituents is 1. The van der Waals surface area contributed by atoms with E-state index in [4.69, 9.17) is 4.74 Å². The van der Waals surface area contributed by atoms with Crippen molar-refractivity contribution in [2.45, 2.75) is 0 Å². The summed E-state index contributed by atoms with van der Waals surface area (Å²) in [6.45, 7) is 0. The van der Waals surface area contributed by atoms with Gasteiger partial charge in [0.15, 0.2) is 0 Å². The van der Waals surface area contributed by atoms with Crippen LogP contribution in [0.3, 0.4) is 0 Å². The highest BCUT2D eigenvalue weighted by Crippen LogP contribution is 2.26. The van der Waals surface area contributed by atoms with E-state index in [0.717, 1.165) is 18.2 Å². The second-order valence-corrected chi connectivity index (χ2v) is 4.12. The molecule has 0 saturated carbocycles. The normalized spacial score (nSPS) is 9.95. The monoisotopic (exact) mass is 287 g/mol. The number of nitrogens with one attached hydrogen (secondary N) is 1. The van der Waals surface area contributed by atoms with Crippen LogP contribution in [0.15, 0.2) is 42.5 Å². The van der Waals surface area contributed by atoms with Crippen molar-refractivity contribution >= 4 is 17.3 Å². The third-order valence-corrected chi connectivity index (χ3v) is 2.75. The minimum atomic E-state index is -0.638. The Morgan fingerprint density at radius 3 is 2.67 bits per heavy atom. The van der Waals surface area contributed by atoms with Crippen LogP contribution in [0.5, 0.6) is 11.5 Å². The molecule has 0 aliphatic rings. The molecule has 21 heavy (non-hydrogen) atoms. The molecule has 0 bridgehead atoms. The molecule has 108 valence electrons. The van der Waals surface area contributed by atoms with Gasteiger partial charge in [-0.05, 0) is 18.2 Å². The van der Waals surface area contributed by atoms with Gasteiger partial charge in [0.2, 0.25) is 0 Å². The average molecular weight is 287 g/mol. The molecule has 0 aliphatic heterocycles. The highest BCUT2D eigenvalue weighted by molar-refractivity contribution is 6.05. The van der Waals surface area contributed by atoms with Crippen LogP contribution in [0.4, 0.5) is 11.4 Å². The highest BCUT2D eigenvalue weighted by atomic mass is 16.6. The summed E-state index contributed by atoms with van der Waals surface area (Å²) < 4.78 is 5.00. The number of methoxy groups -OCH3 is 1. The second-order valence-electron chi connectivity index (χ2n) is 4.12. The average Bonchev–Trinajstić information content (AvgIpc) is 2.49. The smallest absolute Gasteiger partial charge is 0.271 e. The van der Waals surface area contributed by atoms with E-state index in [-0.39, 0.29) is 16.9 Å². The summed E-state index contributed by atoms with van der Waals surface area (Å²) in [4.78, 5) is 22.1. The SMILES string of the molecule is COc1cccc(C(=O)Nc2cc([N+](=O)[O-])ccc2[O-])c1. The van der Waals surface area contributed by atoms with Crippen LogP contribution >= 0.6 is 0 Å². The predicted molar refractivity (Wildman–Crippen MR) is 73.5 cm³/mol. The van der Waals surface area contributed by atoms with E-state index in [1.54, 1.807) is 18.2 Å². The topological polar surface area (TPSA) is 105 Å². The summed E-state index contributed by atoms with van der Waals surface area (Å²) >= 11 is 0. The molecule has 7 nitrogen and oxygen atoms in total.